The van der Waals surface area contributed by atoms with Gasteiger partial charge in [0.15, 0.2) is 11.6 Å². The molecule has 96 valence electrons. The van der Waals surface area contributed by atoms with Gasteiger partial charge >= 0.3 is 0 Å². The third-order valence-electron chi connectivity index (χ3n) is 2.94. The van der Waals surface area contributed by atoms with E-state index in [1.165, 1.54) is 24.1 Å². The van der Waals surface area contributed by atoms with Gasteiger partial charge in [-0.15, -0.1) is 0 Å². The quantitative estimate of drug-likeness (QED) is 0.770. The monoisotopic (exact) mass is 251 g/mol. The number of ether oxygens (including phenoxy) is 1. The maximum Gasteiger partial charge on any atom is 0.229 e. The first-order chi connectivity index (χ1) is 8.61. The molecule has 0 N–H and O–H groups in total. The molecule has 18 heavy (non-hydrogen) atoms. The van der Waals surface area contributed by atoms with Gasteiger partial charge in [0.25, 0.3) is 0 Å². The van der Waals surface area contributed by atoms with Crippen molar-refractivity contribution in [1.29, 1.82) is 0 Å². The lowest BCUT2D eigenvalue weighted by molar-refractivity contribution is -0.148. The fraction of sp³-hybridized carbons (Fsp3) is 0.385. The highest BCUT2D eigenvalue weighted by molar-refractivity contribution is 5.97. The molecule has 0 spiro atoms. The van der Waals surface area contributed by atoms with Crippen LogP contribution in [0, 0.1) is 5.82 Å². The normalized spacial score (nSPS) is 16.0. The topological polar surface area (TPSA) is 46.6 Å². The van der Waals surface area contributed by atoms with Gasteiger partial charge in [-0.1, -0.05) is 6.07 Å². The van der Waals surface area contributed by atoms with Crippen LogP contribution >= 0.6 is 0 Å². The van der Waals surface area contributed by atoms with E-state index in [1.54, 1.807) is 6.07 Å². The molecule has 0 aromatic heterocycles. The third kappa shape index (κ3) is 2.50. The van der Waals surface area contributed by atoms with Crippen molar-refractivity contribution in [1.82, 2.24) is 4.90 Å². The number of hydrogen-bond donors (Lipinski definition) is 0. The molecule has 0 bridgehead atoms. The second kappa shape index (κ2) is 5.16. The number of halogens is 1. The van der Waals surface area contributed by atoms with Crippen LogP contribution in [0.5, 0.6) is 5.75 Å². The van der Waals surface area contributed by atoms with Crippen LogP contribution in [0.15, 0.2) is 18.2 Å². The molecular formula is C13H14FNO3. The first-order valence-corrected chi connectivity index (χ1v) is 5.77. The summed E-state index contributed by atoms with van der Waals surface area (Å²) in [6.45, 7) is 0.124. The molecule has 1 aliphatic heterocycles. The maximum absolute atomic E-state index is 13.5. The number of piperidine rings is 1. The lowest BCUT2D eigenvalue weighted by Gasteiger charge is -2.24. The molecule has 0 unspecified atom stereocenters. The fourth-order valence-corrected chi connectivity index (χ4v) is 1.97. The van der Waals surface area contributed by atoms with Crippen molar-refractivity contribution in [2.75, 3.05) is 7.11 Å². The molecule has 1 heterocycles. The Labute approximate surface area is 104 Å². The minimum Gasteiger partial charge on any atom is -0.494 e. The van der Waals surface area contributed by atoms with Gasteiger partial charge in [0, 0.05) is 12.8 Å². The summed E-state index contributed by atoms with van der Waals surface area (Å²) in [6, 6.07) is 4.43. The number of nitrogens with zero attached hydrogens (tertiary/aromatic N) is 1. The number of benzene rings is 1. The zero-order chi connectivity index (χ0) is 13.1. The van der Waals surface area contributed by atoms with E-state index < -0.39 is 5.82 Å². The van der Waals surface area contributed by atoms with Gasteiger partial charge in [0.1, 0.15) is 0 Å². The third-order valence-corrected chi connectivity index (χ3v) is 2.94. The summed E-state index contributed by atoms with van der Waals surface area (Å²) in [4.78, 5) is 24.4. The lowest BCUT2D eigenvalue weighted by atomic mass is 10.1. The van der Waals surface area contributed by atoms with E-state index in [9.17, 15) is 14.0 Å². The van der Waals surface area contributed by atoms with Crippen molar-refractivity contribution in [3.8, 4) is 5.75 Å². The van der Waals surface area contributed by atoms with Crippen LogP contribution in [-0.4, -0.2) is 23.8 Å². The van der Waals surface area contributed by atoms with E-state index in [0.717, 1.165) is 0 Å². The number of likely N-dealkylation sites (tertiary alicyclic amines) is 1. The molecule has 1 fully saturated rings. The van der Waals surface area contributed by atoms with Gasteiger partial charge in [0.05, 0.1) is 13.7 Å². The SMILES string of the molecule is COc1ccc(CN2C(=O)CCCC2=O)cc1F. The summed E-state index contributed by atoms with van der Waals surface area (Å²) >= 11 is 0. The van der Waals surface area contributed by atoms with Crippen LogP contribution in [-0.2, 0) is 16.1 Å². The Hall–Kier alpha value is -1.91. The fourth-order valence-electron chi connectivity index (χ4n) is 1.97. The number of carbonyl (C=O) groups is 2. The Balaban J connectivity index is 2.15. The summed E-state index contributed by atoms with van der Waals surface area (Å²) < 4.78 is 18.3. The Kier molecular flexibility index (Phi) is 3.60. The zero-order valence-electron chi connectivity index (χ0n) is 10.1. The first-order valence-electron chi connectivity index (χ1n) is 5.77. The van der Waals surface area contributed by atoms with E-state index in [0.29, 0.717) is 24.8 Å². The summed E-state index contributed by atoms with van der Waals surface area (Å²) in [5.74, 6) is -0.730. The van der Waals surface area contributed by atoms with E-state index in [2.05, 4.69) is 0 Å². The van der Waals surface area contributed by atoms with E-state index in [-0.39, 0.29) is 24.1 Å². The number of imide groups is 1. The Morgan fingerprint density at radius 1 is 1.28 bits per heavy atom. The molecule has 4 nitrogen and oxygen atoms in total. The summed E-state index contributed by atoms with van der Waals surface area (Å²) in [5, 5.41) is 0. The number of methoxy groups -OCH3 is 1. The minimum absolute atomic E-state index is 0.124. The van der Waals surface area contributed by atoms with E-state index >= 15 is 0 Å². The van der Waals surface area contributed by atoms with Crippen molar-refractivity contribution < 1.29 is 18.7 Å². The molecule has 2 rings (SSSR count). The predicted octanol–water partition coefficient (Wildman–Crippen LogP) is 1.87. The van der Waals surface area contributed by atoms with Crippen molar-refractivity contribution in [3.63, 3.8) is 0 Å². The van der Waals surface area contributed by atoms with E-state index in [4.69, 9.17) is 4.74 Å². The maximum atomic E-state index is 13.5. The summed E-state index contributed by atoms with van der Waals surface area (Å²) in [5.41, 5.74) is 0.580. The molecular weight excluding hydrogens is 237 g/mol. The van der Waals surface area contributed by atoms with Gasteiger partial charge in [-0.2, -0.15) is 0 Å². The highest BCUT2D eigenvalue weighted by Crippen LogP contribution is 2.20. The first kappa shape index (κ1) is 12.5. The smallest absolute Gasteiger partial charge is 0.229 e. The number of amides is 2. The Morgan fingerprint density at radius 3 is 2.50 bits per heavy atom. The molecule has 1 aliphatic rings. The Morgan fingerprint density at radius 2 is 1.94 bits per heavy atom. The van der Waals surface area contributed by atoms with Gasteiger partial charge in [0.2, 0.25) is 11.8 Å². The van der Waals surface area contributed by atoms with Crippen molar-refractivity contribution in [2.45, 2.75) is 25.8 Å². The van der Waals surface area contributed by atoms with Gasteiger partial charge in [-0.3, -0.25) is 14.5 Å². The highest BCUT2D eigenvalue weighted by atomic mass is 19.1. The molecule has 5 heteroatoms. The van der Waals surface area contributed by atoms with Gasteiger partial charge in [-0.25, -0.2) is 4.39 Å². The van der Waals surface area contributed by atoms with Crippen molar-refractivity contribution in [3.05, 3.63) is 29.6 Å². The van der Waals surface area contributed by atoms with Crippen LogP contribution in [0.2, 0.25) is 0 Å². The molecule has 1 aromatic rings. The standard InChI is InChI=1S/C13H14FNO3/c1-18-11-6-5-9(7-10(11)14)8-15-12(16)3-2-4-13(15)17/h5-7H,2-4,8H2,1H3. The number of rotatable bonds is 3. The largest absolute Gasteiger partial charge is 0.494 e. The van der Waals surface area contributed by atoms with Crippen LogP contribution in [0.25, 0.3) is 0 Å². The van der Waals surface area contributed by atoms with Crippen LogP contribution in [0.4, 0.5) is 4.39 Å². The Bertz CT molecular complexity index is 471. The second-order valence-electron chi connectivity index (χ2n) is 4.20. The van der Waals surface area contributed by atoms with Gasteiger partial charge < -0.3 is 4.74 Å². The zero-order valence-corrected chi connectivity index (χ0v) is 10.1. The molecule has 0 atom stereocenters. The molecule has 0 aliphatic carbocycles. The average molecular weight is 251 g/mol. The minimum atomic E-state index is -0.494. The number of hydrogen-bond acceptors (Lipinski definition) is 3. The predicted molar refractivity (Wildman–Crippen MR) is 62.4 cm³/mol. The second-order valence-corrected chi connectivity index (χ2v) is 4.20. The van der Waals surface area contributed by atoms with Crippen LogP contribution in [0.3, 0.4) is 0 Å². The van der Waals surface area contributed by atoms with Crippen LogP contribution in [0.1, 0.15) is 24.8 Å². The summed E-state index contributed by atoms with van der Waals surface area (Å²) in [7, 11) is 1.38. The molecule has 0 radical (unpaired) electrons. The highest BCUT2D eigenvalue weighted by Gasteiger charge is 2.25. The molecule has 1 aromatic carbocycles. The van der Waals surface area contributed by atoms with E-state index in [1.807, 2.05) is 0 Å². The van der Waals surface area contributed by atoms with Crippen LogP contribution < -0.4 is 4.74 Å². The number of carbonyl (C=O) groups excluding carboxylic acids is 2. The lowest BCUT2D eigenvalue weighted by Crippen LogP contribution is -2.39. The average Bonchev–Trinajstić information content (AvgIpc) is 2.34. The molecule has 2 amide bonds. The van der Waals surface area contributed by atoms with Crippen molar-refractivity contribution >= 4 is 11.8 Å². The molecule has 1 saturated heterocycles. The molecule has 0 saturated carbocycles. The van der Waals surface area contributed by atoms with Crippen molar-refractivity contribution in [2.24, 2.45) is 0 Å². The summed E-state index contributed by atoms with van der Waals surface area (Å²) in [6.07, 6.45) is 1.36. The van der Waals surface area contributed by atoms with Gasteiger partial charge in [-0.05, 0) is 24.1 Å².